The van der Waals surface area contributed by atoms with Crippen LogP contribution in [0.3, 0.4) is 0 Å². The van der Waals surface area contributed by atoms with Crippen LogP contribution >= 0.6 is 0 Å². The van der Waals surface area contributed by atoms with Crippen molar-refractivity contribution >= 4 is 28.9 Å². The number of anilines is 3. The number of nitro benzene ring substituents is 1. The van der Waals surface area contributed by atoms with Crippen LogP contribution in [0.5, 0.6) is 5.75 Å². The molecule has 2 aromatic carbocycles. The van der Waals surface area contributed by atoms with Crippen LogP contribution in [0.15, 0.2) is 48.5 Å². The fourth-order valence-electron chi connectivity index (χ4n) is 2.71. The van der Waals surface area contributed by atoms with Gasteiger partial charge in [-0.15, -0.1) is 0 Å². The number of amides is 1. The van der Waals surface area contributed by atoms with Crippen molar-refractivity contribution in [3.8, 4) is 5.75 Å². The molecular formula is C20H19N5O4. The van der Waals surface area contributed by atoms with Gasteiger partial charge in [-0.1, -0.05) is 0 Å². The van der Waals surface area contributed by atoms with Crippen LogP contribution in [0.25, 0.3) is 0 Å². The van der Waals surface area contributed by atoms with Crippen molar-refractivity contribution in [2.45, 2.75) is 13.8 Å². The molecule has 0 aliphatic rings. The van der Waals surface area contributed by atoms with Gasteiger partial charge in [-0.2, -0.15) is 0 Å². The topological polar surface area (TPSA) is 119 Å². The second-order valence-electron chi connectivity index (χ2n) is 6.27. The molecule has 1 amide bonds. The van der Waals surface area contributed by atoms with Gasteiger partial charge >= 0.3 is 0 Å². The largest absolute Gasteiger partial charge is 0.496 e. The van der Waals surface area contributed by atoms with E-state index in [1.165, 1.54) is 19.2 Å². The molecule has 3 rings (SSSR count). The van der Waals surface area contributed by atoms with Crippen molar-refractivity contribution < 1.29 is 14.5 Å². The highest BCUT2D eigenvalue weighted by Crippen LogP contribution is 2.29. The minimum absolute atomic E-state index is 0.0895. The van der Waals surface area contributed by atoms with Crippen LogP contribution in [-0.2, 0) is 0 Å². The van der Waals surface area contributed by atoms with E-state index in [0.717, 1.165) is 11.4 Å². The number of carbonyl (C=O) groups excluding carboxylic acids is 1. The lowest BCUT2D eigenvalue weighted by Gasteiger charge is -2.09. The summed E-state index contributed by atoms with van der Waals surface area (Å²) < 4.78 is 4.99. The summed E-state index contributed by atoms with van der Waals surface area (Å²) in [7, 11) is 1.41. The van der Waals surface area contributed by atoms with Gasteiger partial charge in [0, 0.05) is 22.6 Å². The third-order valence-electron chi connectivity index (χ3n) is 4.04. The number of hydrogen-bond acceptors (Lipinski definition) is 7. The lowest BCUT2D eigenvalue weighted by Crippen LogP contribution is -2.13. The van der Waals surface area contributed by atoms with Gasteiger partial charge in [0.25, 0.3) is 11.6 Å². The molecular weight excluding hydrogens is 374 g/mol. The second-order valence-corrected chi connectivity index (χ2v) is 6.27. The number of benzene rings is 2. The van der Waals surface area contributed by atoms with E-state index in [1.807, 2.05) is 19.9 Å². The second kappa shape index (κ2) is 8.34. The number of hydrogen-bond donors (Lipinski definition) is 2. The molecule has 0 radical (unpaired) electrons. The highest BCUT2D eigenvalue weighted by atomic mass is 16.6. The molecule has 9 heteroatoms. The van der Waals surface area contributed by atoms with Crippen molar-refractivity contribution in [3.05, 3.63) is 75.6 Å². The van der Waals surface area contributed by atoms with Crippen molar-refractivity contribution in [1.82, 2.24) is 9.97 Å². The number of aromatic nitrogens is 2. The predicted molar refractivity (Wildman–Crippen MR) is 109 cm³/mol. The molecule has 1 aromatic heterocycles. The predicted octanol–water partition coefficient (Wildman–Crippen LogP) is 4.01. The molecule has 148 valence electrons. The molecule has 3 aromatic rings. The standard InChI is InChI=1S/C20H19N5O4/c1-12-10-13(2)22-20(21-12)23-15-6-4-14(5-7-15)19(26)24-17-9-8-16(29-3)11-18(17)25(27)28/h4-11H,1-3H3,(H,24,26)(H,21,22,23). The number of aryl methyl sites for hydroxylation is 2. The van der Waals surface area contributed by atoms with Gasteiger partial charge in [-0.25, -0.2) is 9.97 Å². The van der Waals surface area contributed by atoms with Crippen molar-refractivity contribution in [2.75, 3.05) is 17.7 Å². The minimum atomic E-state index is -0.574. The molecule has 1 heterocycles. The molecule has 9 nitrogen and oxygen atoms in total. The molecule has 2 N–H and O–H groups in total. The Morgan fingerprint density at radius 1 is 1.03 bits per heavy atom. The SMILES string of the molecule is COc1ccc(NC(=O)c2ccc(Nc3nc(C)cc(C)n3)cc2)c([N+](=O)[O-])c1. The fraction of sp³-hybridized carbons (Fsp3) is 0.150. The van der Waals surface area contributed by atoms with Crippen LogP contribution < -0.4 is 15.4 Å². The first-order valence-electron chi connectivity index (χ1n) is 8.69. The molecule has 0 spiro atoms. The molecule has 0 fully saturated rings. The maximum atomic E-state index is 12.5. The Morgan fingerprint density at radius 2 is 1.69 bits per heavy atom. The van der Waals surface area contributed by atoms with Crippen LogP contribution in [-0.4, -0.2) is 27.9 Å². The van der Waals surface area contributed by atoms with E-state index < -0.39 is 10.8 Å². The van der Waals surface area contributed by atoms with Gasteiger partial charge < -0.3 is 15.4 Å². The molecule has 0 unspecified atom stereocenters. The Balaban J connectivity index is 1.75. The molecule has 29 heavy (non-hydrogen) atoms. The summed E-state index contributed by atoms with van der Waals surface area (Å²) in [6.07, 6.45) is 0. The lowest BCUT2D eigenvalue weighted by atomic mass is 10.1. The zero-order chi connectivity index (χ0) is 21.0. The van der Waals surface area contributed by atoms with Crippen molar-refractivity contribution in [2.24, 2.45) is 0 Å². The van der Waals surface area contributed by atoms with E-state index in [9.17, 15) is 14.9 Å². The lowest BCUT2D eigenvalue weighted by molar-refractivity contribution is -0.384. The highest BCUT2D eigenvalue weighted by Gasteiger charge is 2.18. The van der Waals surface area contributed by atoms with E-state index in [4.69, 9.17) is 4.74 Å². The van der Waals surface area contributed by atoms with Crippen molar-refractivity contribution in [3.63, 3.8) is 0 Å². The van der Waals surface area contributed by atoms with Crippen LogP contribution in [0.2, 0.25) is 0 Å². The van der Waals surface area contributed by atoms with Gasteiger partial charge in [0.15, 0.2) is 0 Å². The number of methoxy groups -OCH3 is 1. The number of ether oxygens (including phenoxy) is 1. The average Bonchev–Trinajstić information content (AvgIpc) is 2.67. The first kappa shape index (κ1) is 19.7. The quantitative estimate of drug-likeness (QED) is 0.480. The highest BCUT2D eigenvalue weighted by molar-refractivity contribution is 6.05. The summed E-state index contributed by atoms with van der Waals surface area (Å²) in [4.78, 5) is 31.8. The third kappa shape index (κ3) is 4.83. The maximum Gasteiger partial charge on any atom is 0.296 e. The van der Waals surface area contributed by atoms with E-state index in [1.54, 1.807) is 30.3 Å². The van der Waals surface area contributed by atoms with E-state index in [2.05, 4.69) is 20.6 Å². The maximum absolute atomic E-state index is 12.5. The zero-order valence-electron chi connectivity index (χ0n) is 16.1. The van der Waals surface area contributed by atoms with Crippen LogP contribution in [0.1, 0.15) is 21.7 Å². The summed E-state index contributed by atoms with van der Waals surface area (Å²) in [5, 5.41) is 16.9. The summed E-state index contributed by atoms with van der Waals surface area (Å²) in [5.41, 5.74) is 2.59. The third-order valence-corrected chi connectivity index (χ3v) is 4.04. The number of nitrogens with zero attached hydrogens (tertiary/aromatic N) is 3. The van der Waals surface area contributed by atoms with Crippen LogP contribution in [0, 0.1) is 24.0 Å². The van der Waals surface area contributed by atoms with Gasteiger partial charge in [-0.05, 0) is 56.3 Å². The van der Waals surface area contributed by atoms with Crippen LogP contribution in [0.4, 0.5) is 23.0 Å². The Hall–Kier alpha value is -4.01. The average molecular weight is 393 g/mol. The molecule has 0 saturated heterocycles. The minimum Gasteiger partial charge on any atom is -0.496 e. The molecule has 0 bridgehead atoms. The summed E-state index contributed by atoms with van der Waals surface area (Å²) in [5.74, 6) is 0.333. The Kier molecular flexibility index (Phi) is 5.68. The van der Waals surface area contributed by atoms with E-state index in [-0.39, 0.29) is 11.4 Å². The van der Waals surface area contributed by atoms with E-state index >= 15 is 0 Å². The fourth-order valence-corrected chi connectivity index (χ4v) is 2.71. The normalized spacial score (nSPS) is 10.3. The van der Waals surface area contributed by atoms with Gasteiger partial charge in [0.1, 0.15) is 11.4 Å². The smallest absolute Gasteiger partial charge is 0.296 e. The number of nitrogens with one attached hydrogen (secondary N) is 2. The first-order chi connectivity index (χ1) is 13.9. The monoisotopic (exact) mass is 393 g/mol. The first-order valence-corrected chi connectivity index (χ1v) is 8.69. The number of rotatable bonds is 6. The molecule has 0 aliphatic carbocycles. The van der Waals surface area contributed by atoms with Gasteiger partial charge in [0.05, 0.1) is 18.1 Å². The Bertz CT molecular complexity index is 1050. The Labute approximate surface area is 166 Å². The zero-order valence-corrected chi connectivity index (χ0v) is 16.1. The van der Waals surface area contributed by atoms with Gasteiger partial charge in [-0.3, -0.25) is 14.9 Å². The Morgan fingerprint density at radius 3 is 2.28 bits per heavy atom. The van der Waals surface area contributed by atoms with Gasteiger partial charge in [0.2, 0.25) is 5.95 Å². The number of carbonyl (C=O) groups is 1. The summed E-state index contributed by atoms with van der Waals surface area (Å²) >= 11 is 0. The molecule has 0 saturated carbocycles. The number of nitro groups is 1. The summed E-state index contributed by atoms with van der Waals surface area (Å²) in [6.45, 7) is 3.76. The van der Waals surface area contributed by atoms with E-state index in [0.29, 0.717) is 22.9 Å². The van der Waals surface area contributed by atoms with Crippen molar-refractivity contribution in [1.29, 1.82) is 0 Å². The molecule has 0 aliphatic heterocycles. The summed E-state index contributed by atoms with van der Waals surface area (Å²) in [6, 6.07) is 12.7. The molecule has 0 atom stereocenters.